The summed E-state index contributed by atoms with van der Waals surface area (Å²) in [7, 11) is 0. The summed E-state index contributed by atoms with van der Waals surface area (Å²) < 4.78 is 61.8. The van der Waals surface area contributed by atoms with Gasteiger partial charge < -0.3 is 5.21 Å². The molecule has 88 valence electrons. The molecule has 0 heterocycles. The van der Waals surface area contributed by atoms with Gasteiger partial charge in [0.15, 0.2) is 5.71 Å². The first kappa shape index (κ1) is 12.4. The van der Waals surface area contributed by atoms with E-state index in [1.165, 1.54) is 18.2 Å². The van der Waals surface area contributed by atoms with E-state index in [2.05, 4.69) is 0 Å². The van der Waals surface area contributed by atoms with Crippen molar-refractivity contribution in [2.45, 2.75) is 12.1 Å². The Kier molecular flexibility index (Phi) is 3.16. The maximum atomic E-state index is 12.9. The van der Waals surface area contributed by atoms with E-state index in [1.54, 1.807) is 0 Å². The molecule has 7 heteroatoms. The number of halogens is 5. The van der Waals surface area contributed by atoms with Crippen molar-refractivity contribution in [3.8, 4) is 0 Å². The number of alkyl halides is 5. The Morgan fingerprint density at radius 2 is 1.50 bits per heavy atom. The van der Waals surface area contributed by atoms with Gasteiger partial charge in [-0.1, -0.05) is 35.5 Å². The Bertz CT molecular complexity index is 385. The smallest absolute Gasteiger partial charge is 0.410 e. The van der Waals surface area contributed by atoms with Crippen molar-refractivity contribution in [3.63, 3.8) is 0 Å². The molecular weight excluding hydrogens is 233 g/mol. The summed E-state index contributed by atoms with van der Waals surface area (Å²) in [6.07, 6.45) is -5.80. The van der Waals surface area contributed by atoms with Crippen LogP contribution in [0.1, 0.15) is 5.56 Å². The van der Waals surface area contributed by atoms with Crippen LogP contribution in [-0.4, -0.2) is 23.0 Å². The fraction of sp³-hybridized carbons (Fsp3) is 0.222. The maximum Gasteiger partial charge on any atom is 0.459 e. The van der Waals surface area contributed by atoms with Gasteiger partial charge in [0.25, 0.3) is 0 Å². The number of hydrogen-bond acceptors (Lipinski definition) is 2. The van der Waals surface area contributed by atoms with E-state index in [4.69, 9.17) is 5.21 Å². The molecule has 0 radical (unpaired) electrons. The fourth-order valence-corrected chi connectivity index (χ4v) is 1.03. The minimum atomic E-state index is -5.80. The SMILES string of the molecule is ON=C(c1ccccc1)C(F)(F)C(F)(F)F. The fourth-order valence-electron chi connectivity index (χ4n) is 1.03. The van der Waals surface area contributed by atoms with Gasteiger partial charge in [0.2, 0.25) is 0 Å². The Balaban J connectivity index is 3.21. The number of rotatable bonds is 2. The number of nitrogens with zero attached hydrogens (tertiary/aromatic N) is 1. The van der Waals surface area contributed by atoms with Crippen molar-refractivity contribution in [3.05, 3.63) is 35.9 Å². The summed E-state index contributed by atoms with van der Waals surface area (Å²) in [6.45, 7) is 0. The molecule has 0 aliphatic rings. The first-order valence-electron chi connectivity index (χ1n) is 4.03. The summed E-state index contributed by atoms with van der Waals surface area (Å²) in [5.74, 6) is -5.19. The highest BCUT2D eigenvalue weighted by Gasteiger charge is 2.62. The molecule has 0 amide bonds. The van der Waals surface area contributed by atoms with Crippen molar-refractivity contribution >= 4 is 5.71 Å². The zero-order chi connectivity index (χ0) is 12.4. The molecule has 0 atom stereocenters. The van der Waals surface area contributed by atoms with Gasteiger partial charge in [-0.3, -0.25) is 0 Å². The molecule has 0 saturated heterocycles. The lowest BCUT2D eigenvalue weighted by molar-refractivity contribution is -0.249. The van der Waals surface area contributed by atoms with Crippen LogP contribution in [0.3, 0.4) is 0 Å². The third-order valence-corrected chi connectivity index (χ3v) is 1.80. The van der Waals surface area contributed by atoms with E-state index in [1.807, 2.05) is 5.16 Å². The van der Waals surface area contributed by atoms with Crippen LogP contribution >= 0.6 is 0 Å². The predicted octanol–water partition coefficient (Wildman–Crippen LogP) is 3.06. The van der Waals surface area contributed by atoms with Crippen LogP contribution in [-0.2, 0) is 0 Å². The predicted molar refractivity (Wildman–Crippen MR) is 45.8 cm³/mol. The minimum absolute atomic E-state index is 0.493. The molecule has 0 bridgehead atoms. The Morgan fingerprint density at radius 3 is 1.88 bits per heavy atom. The molecule has 16 heavy (non-hydrogen) atoms. The van der Waals surface area contributed by atoms with Gasteiger partial charge in [-0.2, -0.15) is 22.0 Å². The number of oxime groups is 1. The van der Waals surface area contributed by atoms with Crippen LogP contribution < -0.4 is 0 Å². The van der Waals surface area contributed by atoms with Gasteiger partial charge in [-0.25, -0.2) is 0 Å². The molecular formula is C9H6F5NO. The molecule has 0 aromatic heterocycles. The zero-order valence-electron chi connectivity index (χ0n) is 7.67. The summed E-state index contributed by atoms with van der Waals surface area (Å²) >= 11 is 0. The number of hydrogen-bond donors (Lipinski definition) is 1. The van der Waals surface area contributed by atoms with E-state index in [0.29, 0.717) is 0 Å². The minimum Gasteiger partial charge on any atom is -0.410 e. The second-order valence-corrected chi connectivity index (χ2v) is 2.89. The van der Waals surface area contributed by atoms with Gasteiger partial charge in [-0.05, 0) is 0 Å². The molecule has 0 spiro atoms. The van der Waals surface area contributed by atoms with Gasteiger partial charge in [0.05, 0.1) is 0 Å². The highest BCUT2D eigenvalue weighted by atomic mass is 19.4. The van der Waals surface area contributed by atoms with E-state index in [0.717, 1.165) is 12.1 Å². The molecule has 1 aromatic rings. The largest absolute Gasteiger partial charge is 0.459 e. The van der Waals surface area contributed by atoms with Crippen molar-refractivity contribution < 1.29 is 27.2 Å². The van der Waals surface area contributed by atoms with Crippen LogP contribution in [0.4, 0.5) is 22.0 Å². The topological polar surface area (TPSA) is 32.6 Å². The standard InChI is InChI=1S/C9H6F5NO/c10-8(11,9(12,13)14)7(15-16)6-4-2-1-3-5-6/h1-5,16H. The summed E-state index contributed by atoms with van der Waals surface area (Å²) in [5, 5.41) is 10.3. The Labute approximate surface area is 87.0 Å². The highest BCUT2D eigenvalue weighted by Crippen LogP contribution is 2.38. The van der Waals surface area contributed by atoms with Gasteiger partial charge in [0.1, 0.15) is 0 Å². The summed E-state index contributed by atoms with van der Waals surface area (Å²) in [5.41, 5.74) is -2.21. The monoisotopic (exact) mass is 239 g/mol. The van der Waals surface area contributed by atoms with Crippen molar-refractivity contribution in [1.82, 2.24) is 0 Å². The zero-order valence-corrected chi connectivity index (χ0v) is 7.67. The van der Waals surface area contributed by atoms with E-state index >= 15 is 0 Å². The van der Waals surface area contributed by atoms with Gasteiger partial charge in [0, 0.05) is 5.56 Å². The van der Waals surface area contributed by atoms with Crippen molar-refractivity contribution in [2.24, 2.45) is 5.16 Å². The number of benzene rings is 1. The molecule has 0 fully saturated rings. The second kappa shape index (κ2) is 4.07. The lowest BCUT2D eigenvalue weighted by atomic mass is 10.0. The quantitative estimate of drug-likeness (QED) is 0.366. The van der Waals surface area contributed by atoms with E-state index in [9.17, 15) is 22.0 Å². The molecule has 1 rings (SSSR count). The first-order chi connectivity index (χ1) is 7.30. The van der Waals surface area contributed by atoms with Crippen LogP contribution in [0.25, 0.3) is 0 Å². The third kappa shape index (κ3) is 2.12. The molecule has 1 aromatic carbocycles. The normalized spacial score (nSPS) is 13.9. The molecule has 0 aliphatic heterocycles. The average molecular weight is 239 g/mol. The second-order valence-electron chi connectivity index (χ2n) is 2.89. The van der Waals surface area contributed by atoms with E-state index in [-0.39, 0.29) is 0 Å². The van der Waals surface area contributed by atoms with Gasteiger partial charge in [-0.15, -0.1) is 0 Å². The maximum absolute atomic E-state index is 12.9. The Morgan fingerprint density at radius 1 is 1.00 bits per heavy atom. The van der Waals surface area contributed by atoms with Crippen LogP contribution in [0.5, 0.6) is 0 Å². The van der Waals surface area contributed by atoms with Crippen molar-refractivity contribution in [1.29, 1.82) is 0 Å². The van der Waals surface area contributed by atoms with Crippen LogP contribution in [0.2, 0.25) is 0 Å². The van der Waals surface area contributed by atoms with Crippen molar-refractivity contribution in [2.75, 3.05) is 0 Å². The van der Waals surface area contributed by atoms with E-state index < -0.39 is 23.4 Å². The first-order valence-corrected chi connectivity index (χ1v) is 4.03. The highest BCUT2D eigenvalue weighted by molar-refractivity contribution is 6.05. The van der Waals surface area contributed by atoms with Crippen LogP contribution in [0, 0.1) is 0 Å². The summed E-state index contributed by atoms with van der Waals surface area (Å²) in [6, 6.07) is 5.94. The Hall–Kier alpha value is -1.66. The lowest BCUT2D eigenvalue weighted by Crippen LogP contribution is -2.44. The van der Waals surface area contributed by atoms with Crippen LogP contribution in [0.15, 0.2) is 35.5 Å². The molecule has 0 unspecified atom stereocenters. The molecule has 0 saturated carbocycles. The molecule has 1 N–H and O–H groups in total. The summed E-state index contributed by atoms with van der Waals surface area (Å²) in [4.78, 5) is 0. The lowest BCUT2D eigenvalue weighted by Gasteiger charge is -2.20. The molecule has 2 nitrogen and oxygen atoms in total. The molecule has 0 aliphatic carbocycles. The third-order valence-electron chi connectivity index (χ3n) is 1.80. The average Bonchev–Trinajstić information content (AvgIpc) is 2.18. The van der Waals surface area contributed by atoms with Gasteiger partial charge >= 0.3 is 12.1 Å².